The zero-order valence-electron chi connectivity index (χ0n) is 13.1. The molecule has 0 radical (unpaired) electrons. The molecule has 0 spiro atoms. The molecule has 3 heterocycles. The fraction of sp³-hybridized carbons (Fsp3) is 0.118. The van der Waals surface area contributed by atoms with Crippen LogP contribution in [0.15, 0.2) is 59.9 Å². The molecule has 25 heavy (non-hydrogen) atoms. The first kappa shape index (κ1) is 15.5. The average Bonchev–Trinajstić information content (AvgIpc) is 3.07. The summed E-state index contributed by atoms with van der Waals surface area (Å²) in [5, 5.41) is 9.42. The summed E-state index contributed by atoms with van der Waals surface area (Å²) < 4.78 is 3.22. The van der Waals surface area contributed by atoms with Crippen molar-refractivity contribution >= 4 is 22.6 Å². The van der Waals surface area contributed by atoms with E-state index in [1.165, 1.54) is 10.9 Å². The lowest BCUT2D eigenvalue weighted by atomic mass is 10.2. The number of fused-ring (bicyclic) bond motifs is 1. The maximum absolute atomic E-state index is 12.5. The Morgan fingerprint density at radius 1 is 1.04 bits per heavy atom. The molecule has 0 N–H and O–H groups in total. The molecule has 4 rings (SSSR count). The number of halogens is 1. The molecular formula is C17H13ClN6O. The molecule has 0 bridgehead atoms. The van der Waals surface area contributed by atoms with Crippen molar-refractivity contribution in [2.75, 3.05) is 0 Å². The summed E-state index contributed by atoms with van der Waals surface area (Å²) in [6.07, 6.45) is 4.91. The molecular weight excluding hydrogens is 340 g/mol. The molecule has 0 aliphatic carbocycles. The van der Waals surface area contributed by atoms with Gasteiger partial charge in [-0.15, -0.1) is 5.10 Å². The van der Waals surface area contributed by atoms with Gasteiger partial charge in [-0.2, -0.15) is 0 Å². The standard InChI is InChI=1S/C17H13ClN6O/c18-13-5-3-12(4-6-13)8-24-10-14(21-22-24)9-23-11-20-16-15(17(23)25)2-1-7-19-16/h1-7,10-11H,8-9H2. The Morgan fingerprint density at radius 3 is 2.72 bits per heavy atom. The first-order valence-electron chi connectivity index (χ1n) is 7.63. The second kappa shape index (κ2) is 6.45. The Morgan fingerprint density at radius 2 is 1.88 bits per heavy atom. The molecule has 7 nitrogen and oxygen atoms in total. The Bertz CT molecular complexity index is 1090. The van der Waals surface area contributed by atoms with E-state index >= 15 is 0 Å². The van der Waals surface area contributed by atoms with Crippen molar-refractivity contribution in [2.24, 2.45) is 0 Å². The van der Waals surface area contributed by atoms with Crippen LogP contribution in [0.4, 0.5) is 0 Å². The summed E-state index contributed by atoms with van der Waals surface area (Å²) >= 11 is 5.89. The van der Waals surface area contributed by atoms with Crippen LogP contribution in [0, 0.1) is 0 Å². The number of hydrogen-bond acceptors (Lipinski definition) is 5. The van der Waals surface area contributed by atoms with E-state index in [2.05, 4.69) is 20.3 Å². The highest BCUT2D eigenvalue weighted by atomic mass is 35.5. The number of rotatable bonds is 4. The number of pyridine rings is 1. The molecule has 124 valence electrons. The summed E-state index contributed by atoms with van der Waals surface area (Å²) in [5.74, 6) is 0. The number of hydrogen-bond donors (Lipinski definition) is 0. The van der Waals surface area contributed by atoms with Crippen LogP contribution < -0.4 is 5.56 Å². The number of aromatic nitrogens is 6. The van der Waals surface area contributed by atoms with Crippen molar-refractivity contribution in [3.8, 4) is 0 Å². The van der Waals surface area contributed by atoms with E-state index in [1.807, 2.05) is 30.5 Å². The number of benzene rings is 1. The van der Waals surface area contributed by atoms with Crippen LogP contribution in [0.1, 0.15) is 11.3 Å². The maximum Gasteiger partial charge on any atom is 0.263 e. The van der Waals surface area contributed by atoms with Crippen LogP contribution in [0.5, 0.6) is 0 Å². The van der Waals surface area contributed by atoms with Gasteiger partial charge in [-0.1, -0.05) is 28.9 Å². The largest absolute Gasteiger partial charge is 0.292 e. The Kier molecular flexibility index (Phi) is 3.99. The molecule has 4 aromatic rings. The van der Waals surface area contributed by atoms with Gasteiger partial charge in [0.1, 0.15) is 12.0 Å². The van der Waals surface area contributed by atoms with Crippen LogP contribution in [0.25, 0.3) is 11.0 Å². The predicted octanol–water partition coefficient (Wildman–Crippen LogP) is 2.13. The molecule has 0 atom stereocenters. The summed E-state index contributed by atoms with van der Waals surface area (Å²) in [5.41, 5.74) is 2.04. The van der Waals surface area contributed by atoms with Crippen LogP contribution in [-0.4, -0.2) is 29.5 Å². The van der Waals surface area contributed by atoms with Crippen molar-refractivity contribution in [2.45, 2.75) is 13.1 Å². The van der Waals surface area contributed by atoms with Gasteiger partial charge in [0.25, 0.3) is 5.56 Å². The van der Waals surface area contributed by atoms with Gasteiger partial charge >= 0.3 is 0 Å². The van der Waals surface area contributed by atoms with E-state index in [0.717, 1.165) is 5.56 Å². The topological polar surface area (TPSA) is 78.5 Å². The second-order valence-corrected chi connectivity index (χ2v) is 6.02. The third-order valence-electron chi connectivity index (χ3n) is 3.77. The normalized spacial score (nSPS) is 11.1. The van der Waals surface area contributed by atoms with Crippen molar-refractivity contribution in [3.05, 3.63) is 81.8 Å². The molecule has 0 aliphatic rings. The molecule has 0 aliphatic heterocycles. The van der Waals surface area contributed by atoms with E-state index in [1.54, 1.807) is 23.0 Å². The monoisotopic (exact) mass is 352 g/mol. The predicted molar refractivity (Wildman–Crippen MR) is 93.5 cm³/mol. The third kappa shape index (κ3) is 3.27. The molecule has 0 amide bonds. The minimum Gasteiger partial charge on any atom is -0.292 e. The first-order valence-corrected chi connectivity index (χ1v) is 8.00. The van der Waals surface area contributed by atoms with Gasteiger partial charge in [-0.25, -0.2) is 14.6 Å². The van der Waals surface area contributed by atoms with Gasteiger partial charge in [-0.3, -0.25) is 9.36 Å². The Hall–Kier alpha value is -3.06. The summed E-state index contributed by atoms with van der Waals surface area (Å²) in [4.78, 5) is 20.8. The highest BCUT2D eigenvalue weighted by molar-refractivity contribution is 6.30. The summed E-state index contributed by atoms with van der Waals surface area (Å²) in [7, 11) is 0. The fourth-order valence-corrected chi connectivity index (χ4v) is 2.68. The molecule has 0 fully saturated rings. The van der Waals surface area contributed by atoms with Crippen molar-refractivity contribution in [1.82, 2.24) is 29.5 Å². The summed E-state index contributed by atoms with van der Waals surface area (Å²) in [6, 6.07) is 11.0. The lowest BCUT2D eigenvalue weighted by Crippen LogP contribution is -2.21. The van der Waals surface area contributed by atoms with Crippen LogP contribution in [-0.2, 0) is 13.1 Å². The first-order chi connectivity index (χ1) is 12.2. The minimum absolute atomic E-state index is 0.148. The maximum atomic E-state index is 12.5. The second-order valence-electron chi connectivity index (χ2n) is 5.59. The summed E-state index contributed by atoms with van der Waals surface area (Å²) in [6.45, 7) is 0.885. The van der Waals surface area contributed by atoms with Gasteiger partial charge in [0, 0.05) is 11.2 Å². The Balaban J connectivity index is 1.56. The lowest BCUT2D eigenvalue weighted by Gasteiger charge is -2.03. The zero-order valence-corrected chi connectivity index (χ0v) is 13.8. The Labute approximate surface area is 147 Å². The van der Waals surface area contributed by atoms with Gasteiger partial charge in [0.2, 0.25) is 0 Å². The average molecular weight is 353 g/mol. The van der Waals surface area contributed by atoms with Crippen LogP contribution >= 0.6 is 11.6 Å². The van der Waals surface area contributed by atoms with Gasteiger partial charge < -0.3 is 0 Å². The van der Waals surface area contributed by atoms with Crippen molar-refractivity contribution in [3.63, 3.8) is 0 Å². The smallest absolute Gasteiger partial charge is 0.263 e. The van der Waals surface area contributed by atoms with E-state index in [0.29, 0.717) is 34.8 Å². The molecule has 0 unspecified atom stereocenters. The van der Waals surface area contributed by atoms with Crippen molar-refractivity contribution < 1.29 is 0 Å². The minimum atomic E-state index is -0.148. The van der Waals surface area contributed by atoms with E-state index in [-0.39, 0.29) is 5.56 Å². The molecule has 0 saturated carbocycles. The van der Waals surface area contributed by atoms with Crippen molar-refractivity contribution in [1.29, 1.82) is 0 Å². The molecule has 1 aromatic carbocycles. The SMILES string of the molecule is O=c1c2cccnc2ncn1Cc1cn(Cc2ccc(Cl)cc2)nn1. The number of nitrogens with zero attached hydrogens (tertiary/aromatic N) is 6. The quantitative estimate of drug-likeness (QED) is 0.562. The highest BCUT2D eigenvalue weighted by Gasteiger charge is 2.08. The third-order valence-corrected chi connectivity index (χ3v) is 4.03. The van der Waals surface area contributed by atoms with Gasteiger partial charge in [-0.05, 0) is 29.8 Å². The fourth-order valence-electron chi connectivity index (χ4n) is 2.55. The van der Waals surface area contributed by atoms with Gasteiger partial charge in [0.15, 0.2) is 5.65 Å². The lowest BCUT2D eigenvalue weighted by molar-refractivity contribution is 0.648. The highest BCUT2D eigenvalue weighted by Crippen LogP contribution is 2.10. The molecule has 8 heteroatoms. The van der Waals surface area contributed by atoms with E-state index in [9.17, 15) is 4.79 Å². The molecule has 3 aromatic heterocycles. The van der Waals surface area contributed by atoms with Gasteiger partial charge in [0.05, 0.1) is 24.7 Å². The van der Waals surface area contributed by atoms with Crippen LogP contribution in [0.3, 0.4) is 0 Å². The van der Waals surface area contributed by atoms with E-state index in [4.69, 9.17) is 11.6 Å². The van der Waals surface area contributed by atoms with E-state index < -0.39 is 0 Å². The zero-order chi connectivity index (χ0) is 17.2. The molecule has 0 saturated heterocycles. The van der Waals surface area contributed by atoms with Crippen LogP contribution in [0.2, 0.25) is 5.02 Å².